The van der Waals surface area contributed by atoms with E-state index in [0.717, 1.165) is 0 Å². The van der Waals surface area contributed by atoms with E-state index in [1.54, 1.807) is 45.0 Å². The van der Waals surface area contributed by atoms with Crippen LogP contribution >= 0.6 is 11.6 Å². The lowest BCUT2D eigenvalue weighted by molar-refractivity contribution is -0.182. The van der Waals surface area contributed by atoms with Gasteiger partial charge in [-0.25, -0.2) is 9.37 Å². The number of alkyl halides is 3. The van der Waals surface area contributed by atoms with Crippen LogP contribution in [0.4, 0.5) is 29.1 Å². The van der Waals surface area contributed by atoms with Gasteiger partial charge in [0.15, 0.2) is 0 Å². The smallest absolute Gasteiger partial charge is 0.367 e. The van der Waals surface area contributed by atoms with Crippen LogP contribution in [0, 0.1) is 17.2 Å². The van der Waals surface area contributed by atoms with E-state index in [4.69, 9.17) is 11.6 Å². The molecule has 0 aliphatic heterocycles. The molecule has 40 heavy (non-hydrogen) atoms. The van der Waals surface area contributed by atoms with Crippen molar-refractivity contribution < 1.29 is 27.2 Å². The van der Waals surface area contributed by atoms with Crippen LogP contribution in [0.2, 0.25) is 5.02 Å². The number of hydrogen-bond donors (Lipinski definition) is 3. The Morgan fingerprint density at radius 2 is 1.70 bits per heavy atom. The van der Waals surface area contributed by atoms with E-state index in [1.165, 1.54) is 18.3 Å². The van der Waals surface area contributed by atoms with E-state index in [2.05, 4.69) is 20.9 Å². The van der Waals surface area contributed by atoms with Crippen molar-refractivity contribution in [3.8, 4) is 0 Å². The molecular formula is C29H31ClF4N4O2. The van der Waals surface area contributed by atoms with Crippen molar-refractivity contribution in [2.45, 2.75) is 65.2 Å². The van der Waals surface area contributed by atoms with E-state index in [0.29, 0.717) is 35.1 Å². The summed E-state index contributed by atoms with van der Waals surface area (Å²) in [5.41, 5.74) is -0.519. The van der Waals surface area contributed by atoms with Gasteiger partial charge in [-0.1, -0.05) is 50.6 Å². The Morgan fingerprint density at radius 1 is 1.00 bits per heavy atom. The predicted molar refractivity (Wildman–Crippen MR) is 148 cm³/mol. The molecule has 4 rings (SSSR count). The normalized spacial score (nSPS) is 17.9. The van der Waals surface area contributed by atoms with Crippen molar-refractivity contribution >= 4 is 45.7 Å². The van der Waals surface area contributed by atoms with Crippen molar-refractivity contribution in [2.75, 3.05) is 10.6 Å². The molecular weight excluding hydrogens is 548 g/mol. The van der Waals surface area contributed by atoms with Crippen LogP contribution in [0.1, 0.15) is 62.4 Å². The quantitative estimate of drug-likeness (QED) is 0.265. The molecule has 6 nitrogen and oxygen atoms in total. The van der Waals surface area contributed by atoms with Crippen molar-refractivity contribution in [3.05, 3.63) is 64.6 Å². The molecule has 1 heterocycles. The maximum atomic E-state index is 15.4. The summed E-state index contributed by atoms with van der Waals surface area (Å²) in [6, 6.07) is 9.48. The Bertz CT molecular complexity index is 1410. The third-order valence-corrected chi connectivity index (χ3v) is 7.42. The first-order chi connectivity index (χ1) is 18.8. The second-order valence-corrected chi connectivity index (χ2v) is 11.5. The molecule has 11 heteroatoms. The number of benzene rings is 2. The molecule has 0 saturated heterocycles. The first-order valence-electron chi connectivity index (χ1n) is 13.0. The SMILES string of the molecule is CC(C)(C)C(=O)NCc1ccc(Cl)c(C(=O)Nc2cccc3c(N[C@H]4CC[C@H](C(F)(F)F)CC4)nccc23)c1F. The number of carbonyl (C=O) groups excluding carboxylic acids is 2. The highest BCUT2D eigenvalue weighted by molar-refractivity contribution is 6.34. The molecule has 1 fully saturated rings. The Hall–Kier alpha value is -3.40. The number of rotatable bonds is 6. The average Bonchev–Trinajstić information content (AvgIpc) is 2.88. The summed E-state index contributed by atoms with van der Waals surface area (Å²) in [6.45, 7) is 5.09. The molecule has 0 spiro atoms. The van der Waals surface area contributed by atoms with E-state index in [-0.39, 0.29) is 47.5 Å². The predicted octanol–water partition coefficient (Wildman–Crippen LogP) is 7.47. The first-order valence-corrected chi connectivity index (χ1v) is 13.4. The minimum absolute atomic E-state index is 0.0541. The number of nitrogens with zero attached hydrogens (tertiary/aromatic N) is 1. The molecule has 1 aromatic heterocycles. The van der Waals surface area contributed by atoms with Gasteiger partial charge in [0.1, 0.15) is 11.6 Å². The van der Waals surface area contributed by atoms with Crippen LogP contribution in [0.3, 0.4) is 0 Å². The number of nitrogens with one attached hydrogen (secondary N) is 3. The largest absolute Gasteiger partial charge is 0.391 e. The first kappa shape index (κ1) is 29.6. The fourth-order valence-electron chi connectivity index (χ4n) is 4.76. The van der Waals surface area contributed by atoms with Crippen LogP contribution in [0.15, 0.2) is 42.6 Å². The number of halogens is 5. The lowest BCUT2D eigenvalue weighted by Gasteiger charge is -2.30. The summed E-state index contributed by atoms with van der Waals surface area (Å²) in [7, 11) is 0. The van der Waals surface area contributed by atoms with Crippen LogP contribution in [-0.2, 0) is 11.3 Å². The van der Waals surface area contributed by atoms with Crippen molar-refractivity contribution in [3.63, 3.8) is 0 Å². The van der Waals surface area contributed by atoms with Gasteiger partial charge in [0, 0.05) is 46.2 Å². The molecule has 1 saturated carbocycles. The number of amides is 2. The number of anilines is 2. The van der Waals surface area contributed by atoms with Crippen LogP contribution < -0.4 is 16.0 Å². The van der Waals surface area contributed by atoms with Gasteiger partial charge in [0.2, 0.25) is 5.91 Å². The number of carbonyl (C=O) groups is 2. The monoisotopic (exact) mass is 578 g/mol. The van der Waals surface area contributed by atoms with Gasteiger partial charge in [-0.15, -0.1) is 0 Å². The second-order valence-electron chi connectivity index (χ2n) is 11.1. The summed E-state index contributed by atoms with van der Waals surface area (Å²) in [6.07, 6.45) is -1.81. The zero-order chi connectivity index (χ0) is 29.2. The van der Waals surface area contributed by atoms with Gasteiger partial charge in [0.25, 0.3) is 5.91 Å². The van der Waals surface area contributed by atoms with E-state index >= 15 is 4.39 Å². The lowest BCUT2D eigenvalue weighted by atomic mass is 9.85. The fraction of sp³-hybridized carbons (Fsp3) is 0.414. The fourth-order valence-corrected chi connectivity index (χ4v) is 4.99. The van der Waals surface area contributed by atoms with Gasteiger partial charge >= 0.3 is 6.18 Å². The maximum Gasteiger partial charge on any atom is 0.391 e. The summed E-state index contributed by atoms with van der Waals surface area (Å²) < 4.78 is 54.5. The maximum absolute atomic E-state index is 15.4. The summed E-state index contributed by atoms with van der Waals surface area (Å²) in [5, 5.41) is 9.83. The Balaban J connectivity index is 1.53. The Kier molecular flexibility index (Phi) is 8.58. The third-order valence-electron chi connectivity index (χ3n) is 7.10. The topological polar surface area (TPSA) is 83.1 Å². The Labute approximate surface area is 234 Å². The molecule has 214 valence electrons. The van der Waals surface area contributed by atoms with E-state index < -0.39 is 29.2 Å². The second kappa shape index (κ2) is 11.6. The van der Waals surface area contributed by atoms with E-state index in [9.17, 15) is 22.8 Å². The summed E-state index contributed by atoms with van der Waals surface area (Å²) in [4.78, 5) is 29.8. The van der Waals surface area contributed by atoms with Crippen molar-refractivity contribution in [1.82, 2.24) is 10.3 Å². The molecule has 1 aliphatic rings. The third kappa shape index (κ3) is 6.66. The summed E-state index contributed by atoms with van der Waals surface area (Å²) in [5.74, 6) is -2.66. The molecule has 0 unspecified atom stereocenters. The van der Waals surface area contributed by atoms with Gasteiger partial charge in [-0.05, 0) is 43.9 Å². The van der Waals surface area contributed by atoms with Crippen molar-refractivity contribution in [2.24, 2.45) is 11.3 Å². The molecule has 0 atom stereocenters. The van der Waals surface area contributed by atoms with Crippen LogP contribution in [-0.4, -0.2) is 29.0 Å². The zero-order valence-corrected chi connectivity index (χ0v) is 23.1. The number of aromatic nitrogens is 1. The van der Waals surface area contributed by atoms with Gasteiger partial charge in [-0.2, -0.15) is 13.2 Å². The highest BCUT2D eigenvalue weighted by Crippen LogP contribution is 2.39. The minimum Gasteiger partial charge on any atom is -0.367 e. The van der Waals surface area contributed by atoms with Gasteiger partial charge in [-0.3, -0.25) is 9.59 Å². The molecule has 1 aliphatic carbocycles. The summed E-state index contributed by atoms with van der Waals surface area (Å²) >= 11 is 6.21. The number of hydrogen-bond acceptors (Lipinski definition) is 4. The molecule has 2 amide bonds. The number of pyridine rings is 1. The molecule has 3 aromatic rings. The van der Waals surface area contributed by atoms with Crippen LogP contribution in [0.25, 0.3) is 10.8 Å². The van der Waals surface area contributed by atoms with Crippen LogP contribution in [0.5, 0.6) is 0 Å². The molecule has 0 bridgehead atoms. The van der Waals surface area contributed by atoms with E-state index in [1.807, 2.05) is 0 Å². The lowest BCUT2D eigenvalue weighted by Crippen LogP contribution is -2.34. The highest BCUT2D eigenvalue weighted by atomic mass is 35.5. The Morgan fingerprint density at radius 3 is 2.35 bits per heavy atom. The zero-order valence-electron chi connectivity index (χ0n) is 22.4. The molecule has 2 aromatic carbocycles. The average molecular weight is 579 g/mol. The molecule has 0 radical (unpaired) electrons. The standard InChI is InChI=1S/C29H31ClF4N4O2/c1-28(2,3)27(40)36-15-16-7-12-21(30)23(24(16)31)26(39)38-22-6-4-5-20-19(22)13-14-35-25(20)37-18-10-8-17(9-11-18)29(32,33)34/h4-7,12-14,17-18H,8-11,15H2,1-3H3,(H,35,37)(H,36,40)(H,38,39)/t17-,18-. The minimum atomic E-state index is -4.18. The van der Waals surface area contributed by atoms with Crippen molar-refractivity contribution in [1.29, 1.82) is 0 Å². The van der Waals surface area contributed by atoms with Gasteiger partial charge < -0.3 is 16.0 Å². The number of fused-ring (bicyclic) bond motifs is 1. The molecule has 3 N–H and O–H groups in total. The highest BCUT2D eigenvalue weighted by Gasteiger charge is 2.41. The van der Waals surface area contributed by atoms with Gasteiger partial charge in [0.05, 0.1) is 16.5 Å².